The number of hydrazine groups is 1. The minimum Gasteiger partial charge on any atom is -0.292 e. The molecule has 2 aromatic rings. The molecular formula is C21H17N5O6S2. The van der Waals surface area contributed by atoms with Crippen molar-refractivity contribution in [2.24, 2.45) is 0 Å². The number of nitro groups is 2. The molecule has 1 aliphatic rings. The number of nitrogens with zero attached hydrogens (tertiary/aromatic N) is 3. The van der Waals surface area contributed by atoms with Crippen LogP contribution in [0.2, 0.25) is 0 Å². The van der Waals surface area contributed by atoms with E-state index in [-0.39, 0.29) is 10.0 Å². The third-order valence-electron chi connectivity index (χ3n) is 4.45. The van der Waals surface area contributed by atoms with E-state index in [0.29, 0.717) is 4.91 Å². The molecule has 0 saturated carbocycles. The van der Waals surface area contributed by atoms with Gasteiger partial charge in [0.15, 0.2) is 0 Å². The molecule has 2 N–H and O–H groups in total. The number of thioether (sulfide) groups is 1. The Hall–Kier alpha value is -4.10. The standard InChI is InChI=1S/C21H17N5O6S2/c1-13(9-14-5-3-2-4-6-14)10-18-20(28)24(21(33)34-18)12-19(27)23-22-16-8-7-15(25(29)30)11-17(16)26(31)32/h2-11,22H,12H2,1H3,(H,23,27). The Morgan fingerprint density at radius 2 is 1.85 bits per heavy atom. The van der Waals surface area contributed by atoms with Gasteiger partial charge in [-0.15, -0.1) is 0 Å². The highest BCUT2D eigenvalue weighted by Gasteiger charge is 2.33. The number of non-ortho nitro benzene ring substituents is 1. The van der Waals surface area contributed by atoms with E-state index in [4.69, 9.17) is 12.2 Å². The minimum absolute atomic E-state index is 0.157. The van der Waals surface area contributed by atoms with Crippen molar-refractivity contribution in [2.75, 3.05) is 12.0 Å². The molecule has 1 heterocycles. The first-order valence-electron chi connectivity index (χ1n) is 9.62. The van der Waals surface area contributed by atoms with Crippen LogP contribution in [0.5, 0.6) is 0 Å². The molecule has 3 rings (SSSR count). The van der Waals surface area contributed by atoms with Gasteiger partial charge in [-0.25, -0.2) is 0 Å². The number of hydrogen-bond donors (Lipinski definition) is 2. The number of nitrogens with one attached hydrogen (secondary N) is 2. The predicted octanol–water partition coefficient (Wildman–Crippen LogP) is 3.79. The van der Waals surface area contributed by atoms with Crippen molar-refractivity contribution in [3.05, 3.63) is 90.9 Å². The number of rotatable bonds is 8. The molecule has 11 nitrogen and oxygen atoms in total. The molecule has 0 atom stereocenters. The highest BCUT2D eigenvalue weighted by atomic mass is 32.2. The highest BCUT2D eigenvalue weighted by molar-refractivity contribution is 8.26. The molecule has 2 amide bonds. The van der Waals surface area contributed by atoms with Gasteiger partial charge < -0.3 is 0 Å². The Kier molecular flexibility index (Phi) is 7.71. The molecule has 0 aliphatic carbocycles. The highest BCUT2D eigenvalue weighted by Crippen LogP contribution is 2.32. The van der Waals surface area contributed by atoms with E-state index in [0.717, 1.165) is 46.0 Å². The van der Waals surface area contributed by atoms with Crippen LogP contribution in [0.3, 0.4) is 0 Å². The first-order valence-corrected chi connectivity index (χ1v) is 10.8. The monoisotopic (exact) mass is 499 g/mol. The summed E-state index contributed by atoms with van der Waals surface area (Å²) in [5.74, 6) is -1.13. The summed E-state index contributed by atoms with van der Waals surface area (Å²) in [5.41, 5.74) is 5.18. The number of thiocarbonyl (C=S) groups is 1. The van der Waals surface area contributed by atoms with Gasteiger partial charge in [0.05, 0.1) is 20.8 Å². The van der Waals surface area contributed by atoms with E-state index in [1.54, 1.807) is 6.08 Å². The lowest BCUT2D eigenvalue weighted by molar-refractivity contribution is -0.393. The zero-order valence-corrected chi connectivity index (χ0v) is 19.2. The van der Waals surface area contributed by atoms with Gasteiger partial charge in [-0.1, -0.05) is 60.4 Å². The molecule has 1 aliphatic heterocycles. The van der Waals surface area contributed by atoms with Gasteiger partial charge in [-0.05, 0) is 30.2 Å². The van der Waals surface area contributed by atoms with Crippen LogP contribution in [0.25, 0.3) is 6.08 Å². The van der Waals surface area contributed by atoms with Crippen molar-refractivity contribution in [2.45, 2.75) is 6.92 Å². The Morgan fingerprint density at radius 3 is 2.50 bits per heavy atom. The smallest absolute Gasteiger partial charge is 0.292 e. The molecular weight excluding hydrogens is 482 g/mol. The van der Waals surface area contributed by atoms with Crippen molar-refractivity contribution in [3.8, 4) is 0 Å². The van der Waals surface area contributed by atoms with Crippen molar-refractivity contribution in [1.29, 1.82) is 0 Å². The molecule has 0 bridgehead atoms. The molecule has 174 valence electrons. The van der Waals surface area contributed by atoms with Crippen LogP contribution >= 0.6 is 24.0 Å². The summed E-state index contributed by atoms with van der Waals surface area (Å²) in [6.07, 6.45) is 3.59. The second-order valence-corrected chi connectivity index (χ2v) is 8.63. The fourth-order valence-electron chi connectivity index (χ4n) is 2.91. The van der Waals surface area contributed by atoms with Crippen LogP contribution in [0, 0.1) is 20.2 Å². The maximum Gasteiger partial charge on any atom is 0.300 e. The van der Waals surface area contributed by atoms with Crippen LogP contribution in [-0.2, 0) is 9.59 Å². The molecule has 2 aromatic carbocycles. The number of carbonyl (C=O) groups excluding carboxylic acids is 2. The quantitative estimate of drug-likeness (QED) is 0.239. The number of amides is 2. The fourth-order valence-corrected chi connectivity index (χ4v) is 4.21. The predicted molar refractivity (Wildman–Crippen MR) is 132 cm³/mol. The largest absolute Gasteiger partial charge is 0.300 e. The van der Waals surface area contributed by atoms with Crippen LogP contribution < -0.4 is 10.9 Å². The van der Waals surface area contributed by atoms with E-state index < -0.39 is 39.6 Å². The van der Waals surface area contributed by atoms with E-state index in [9.17, 15) is 29.8 Å². The first-order chi connectivity index (χ1) is 16.2. The number of carbonyl (C=O) groups is 2. The van der Waals surface area contributed by atoms with Crippen molar-refractivity contribution in [1.82, 2.24) is 10.3 Å². The van der Waals surface area contributed by atoms with Gasteiger partial charge in [0.1, 0.15) is 16.6 Å². The molecule has 0 spiro atoms. The van der Waals surface area contributed by atoms with Crippen molar-refractivity contribution < 1.29 is 19.4 Å². The molecule has 13 heteroatoms. The molecule has 0 aromatic heterocycles. The number of nitro benzene ring substituents is 2. The van der Waals surface area contributed by atoms with E-state index >= 15 is 0 Å². The van der Waals surface area contributed by atoms with Gasteiger partial charge in [0.2, 0.25) is 0 Å². The molecule has 0 unspecified atom stereocenters. The zero-order valence-electron chi connectivity index (χ0n) is 17.6. The number of allylic oxidation sites excluding steroid dienone is 2. The topological polar surface area (TPSA) is 148 Å². The molecule has 0 radical (unpaired) electrons. The second kappa shape index (κ2) is 10.7. The van der Waals surface area contributed by atoms with Gasteiger partial charge in [0.25, 0.3) is 17.5 Å². The summed E-state index contributed by atoms with van der Waals surface area (Å²) in [4.78, 5) is 47.0. The Bertz CT molecular complexity index is 1250. The van der Waals surface area contributed by atoms with Gasteiger partial charge >= 0.3 is 5.69 Å². The minimum atomic E-state index is -0.820. The summed E-state index contributed by atoms with van der Waals surface area (Å²) in [6.45, 7) is 1.42. The summed E-state index contributed by atoms with van der Waals surface area (Å²) in [5, 5.41) is 22.0. The van der Waals surface area contributed by atoms with Crippen molar-refractivity contribution in [3.63, 3.8) is 0 Å². The zero-order chi connectivity index (χ0) is 24.8. The van der Waals surface area contributed by atoms with Crippen LogP contribution in [0.4, 0.5) is 17.1 Å². The third-order valence-corrected chi connectivity index (χ3v) is 5.83. The van der Waals surface area contributed by atoms with Gasteiger partial charge in [-0.2, -0.15) is 0 Å². The van der Waals surface area contributed by atoms with Crippen molar-refractivity contribution >= 4 is 63.3 Å². The average molecular weight is 500 g/mol. The van der Waals surface area contributed by atoms with E-state index in [1.807, 2.05) is 43.3 Å². The number of anilines is 1. The maximum absolute atomic E-state index is 12.7. The number of hydrogen-bond acceptors (Lipinski definition) is 9. The lowest BCUT2D eigenvalue weighted by Gasteiger charge is -2.15. The van der Waals surface area contributed by atoms with Crippen LogP contribution in [0.15, 0.2) is 65.1 Å². The van der Waals surface area contributed by atoms with Crippen LogP contribution in [0.1, 0.15) is 12.5 Å². The SMILES string of the molecule is CC(=Cc1ccccc1)C=C1SC(=S)N(CC(=O)NNc2ccc([N+](=O)[O-])cc2[N+](=O)[O-])C1=O. The molecule has 34 heavy (non-hydrogen) atoms. The normalized spacial score (nSPS) is 14.9. The summed E-state index contributed by atoms with van der Waals surface area (Å²) in [6, 6.07) is 12.5. The van der Waals surface area contributed by atoms with Gasteiger partial charge in [0, 0.05) is 6.07 Å². The third kappa shape index (κ3) is 6.02. The Labute approximate surface area is 202 Å². The first kappa shape index (κ1) is 24.5. The van der Waals surface area contributed by atoms with E-state index in [1.165, 1.54) is 0 Å². The molecule has 1 fully saturated rings. The second-order valence-electron chi connectivity index (χ2n) is 6.96. The summed E-state index contributed by atoms with van der Waals surface area (Å²) in [7, 11) is 0. The molecule has 1 saturated heterocycles. The maximum atomic E-state index is 12.7. The lowest BCUT2D eigenvalue weighted by Crippen LogP contribution is -2.41. The summed E-state index contributed by atoms with van der Waals surface area (Å²) >= 11 is 6.28. The van der Waals surface area contributed by atoms with Crippen LogP contribution in [-0.4, -0.2) is 37.4 Å². The van der Waals surface area contributed by atoms with E-state index in [2.05, 4.69) is 10.9 Å². The number of benzene rings is 2. The van der Waals surface area contributed by atoms with Gasteiger partial charge in [-0.3, -0.25) is 45.6 Å². The lowest BCUT2D eigenvalue weighted by atomic mass is 10.1. The Balaban J connectivity index is 1.65. The summed E-state index contributed by atoms with van der Waals surface area (Å²) < 4.78 is 0.195. The Morgan fingerprint density at radius 1 is 1.15 bits per heavy atom. The fraction of sp³-hybridized carbons (Fsp3) is 0.0952. The average Bonchev–Trinajstić information content (AvgIpc) is 3.05.